The van der Waals surface area contributed by atoms with Crippen molar-refractivity contribution < 1.29 is 9.18 Å². The molecule has 1 saturated heterocycles. The summed E-state index contributed by atoms with van der Waals surface area (Å²) in [6.45, 7) is 3.17. The molecule has 0 aromatic heterocycles. The number of hydrogen-bond acceptors (Lipinski definition) is 2. The van der Waals surface area contributed by atoms with Gasteiger partial charge in [-0.05, 0) is 38.4 Å². The summed E-state index contributed by atoms with van der Waals surface area (Å²) in [7, 11) is 1.87. The third-order valence-electron chi connectivity index (χ3n) is 3.50. The molecule has 1 aliphatic rings. The van der Waals surface area contributed by atoms with E-state index in [1.54, 1.807) is 30.0 Å². The van der Waals surface area contributed by atoms with Crippen LogP contribution in [0.25, 0.3) is 0 Å². The van der Waals surface area contributed by atoms with Gasteiger partial charge in [-0.25, -0.2) is 4.39 Å². The minimum Gasteiger partial charge on any atom is -0.334 e. The zero-order valence-corrected chi connectivity index (χ0v) is 10.9. The lowest BCUT2D eigenvalue weighted by Gasteiger charge is -2.25. The van der Waals surface area contributed by atoms with Gasteiger partial charge in [0.1, 0.15) is 5.82 Å². The van der Waals surface area contributed by atoms with Gasteiger partial charge >= 0.3 is 0 Å². The lowest BCUT2D eigenvalue weighted by molar-refractivity contribution is 0.0732. The van der Waals surface area contributed by atoms with Crippen LogP contribution in [0.2, 0.25) is 0 Å². The summed E-state index contributed by atoms with van der Waals surface area (Å²) in [5.41, 5.74) is 0.711. The molecule has 18 heavy (non-hydrogen) atoms. The first-order chi connectivity index (χ1) is 8.65. The Morgan fingerprint density at radius 2 is 2.33 bits per heavy atom. The van der Waals surface area contributed by atoms with Crippen LogP contribution in [0.1, 0.15) is 28.8 Å². The minimum atomic E-state index is -0.391. The smallest absolute Gasteiger partial charge is 0.257 e. The van der Waals surface area contributed by atoms with Gasteiger partial charge in [0.05, 0.1) is 5.56 Å². The molecule has 4 heteroatoms. The van der Waals surface area contributed by atoms with Gasteiger partial charge in [-0.2, -0.15) is 0 Å². The Morgan fingerprint density at radius 3 is 3.06 bits per heavy atom. The number of nitrogens with one attached hydrogen (secondary N) is 1. The van der Waals surface area contributed by atoms with Gasteiger partial charge in [0, 0.05) is 19.1 Å². The van der Waals surface area contributed by atoms with E-state index in [1.807, 2.05) is 7.05 Å². The van der Waals surface area contributed by atoms with Crippen molar-refractivity contribution in [3.8, 4) is 0 Å². The lowest BCUT2D eigenvalue weighted by Crippen LogP contribution is -2.41. The van der Waals surface area contributed by atoms with Crippen LogP contribution in [0.15, 0.2) is 18.2 Å². The summed E-state index contributed by atoms with van der Waals surface area (Å²) in [5, 5.41) is 3.08. The summed E-state index contributed by atoms with van der Waals surface area (Å²) in [6, 6.07) is 5.16. The number of nitrogens with zero attached hydrogens (tertiary/aromatic N) is 1. The summed E-state index contributed by atoms with van der Waals surface area (Å²) in [4.78, 5) is 14.1. The van der Waals surface area contributed by atoms with Gasteiger partial charge in [-0.15, -0.1) is 0 Å². The molecule has 1 fully saturated rings. The summed E-state index contributed by atoms with van der Waals surface area (Å²) in [6.07, 6.45) is 1.98. The van der Waals surface area contributed by atoms with Crippen LogP contribution in [-0.2, 0) is 0 Å². The van der Waals surface area contributed by atoms with Gasteiger partial charge in [0.25, 0.3) is 5.91 Å². The molecular formula is C14H19FN2O. The summed E-state index contributed by atoms with van der Waals surface area (Å²) in [5.74, 6) is -0.577. The molecule has 0 bridgehead atoms. The first-order valence-electron chi connectivity index (χ1n) is 6.36. The second kappa shape index (κ2) is 5.48. The standard InChI is InChI=1S/C14H19FN2O/c1-10-5-3-7-12(13(10)15)14(18)17-8-4-6-11(17)9-16-2/h3,5,7,11,16H,4,6,8-9H2,1-2H3. The number of benzene rings is 1. The number of aryl methyl sites for hydroxylation is 1. The Labute approximate surface area is 107 Å². The second-order valence-corrected chi connectivity index (χ2v) is 4.79. The van der Waals surface area contributed by atoms with Crippen molar-refractivity contribution >= 4 is 5.91 Å². The number of carbonyl (C=O) groups excluding carboxylic acids is 1. The maximum Gasteiger partial charge on any atom is 0.257 e. The molecule has 1 aliphatic heterocycles. The Kier molecular flexibility index (Phi) is 3.97. The molecule has 1 atom stereocenters. The molecule has 2 rings (SSSR count). The third kappa shape index (κ3) is 2.38. The van der Waals surface area contributed by atoms with Crippen molar-refractivity contribution in [2.45, 2.75) is 25.8 Å². The molecule has 1 N–H and O–H groups in total. The monoisotopic (exact) mass is 250 g/mol. The molecule has 1 heterocycles. The SMILES string of the molecule is CNCC1CCCN1C(=O)c1cccc(C)c1F. The van der Waals surface area contributed by atoms with Gasteiger partial charge in [-0.1, -0.05) is 12.1 Å². The van der Waals surface area contributed by atoms with Crippen LogP contribution < -0.4 is 5.32 Å². The van der Waals surface area contributed by atoms with Crippen molar-refractivity contribution in [1.82, 2.24) is 10.2 Å². The molecule has 1 unspecified atom stereocenters. The van der Waals surface area contributed by atoms with Crippen molar-refractivity contribution in [1.29, 1.82) is 0 Å². The van der Waals surface area contributed by atoms with Crippen LogP contribution in [0.4, 0.5) is 4.39 Å². The average molecular weight is 250 g/mol. The van der Waals surface area contributed by atoms with Crippen molar-refractivity contribution in [3.05, 3.63) is 35.1 Å². The maximum absolute atomic E-state index is 14.0. The number of hydrogen-bond donors (Lipinski definition) is 1. The van der Waals surface area contributed by atoms with E-state index in [9.17, 15) is 9.18 Å². The molecule has 1 amide bonds. The first kappa shape index (κ1) is 13.0. The Bertz CT molecular complexity index is 447. The quantitative estimate of drug-likeness (QED) is 0.889. The average Bonchev–Trinajstić information content (AvgIpc) is 2.80. The fourth-order valence-electron chi connectivity index (χ4n) is 2.52. The minimum absolute atomic E-state index is 0.183. The van der Waals surface area contributed by atoms with Crippen LogP contribution in [-0.4, -0.2) is 37.0 Å². The Morgan fingerprint density at radius 1 is 1.56 bits per heavy atom. The van der Waals surface area contributed by atoms with Gasteiger partial charge < -0.3 is 10.2 Å². The summed E-state index contributed by atoms with van der Waals surface area (Å²) < 4.78 is 14.0. The first-order valence-corrected chi connectivity index (χ1v) is 6.36. The van der Waals surface area contributed by atoms with E-state index in [4.69, 9.17) is 0 Å². The zero-order valence-electron chi connectivity index (χ0n) is 10.9. The van der Waals surface area contributed by atoms with Crippen LogP contribution >= 0.6 is 0 Å². The predicted octanol–water partition coefficient (Wildman–Crippen LogP) is 1.96. The number of amides is 1. The molecule has 1 aromatic carbocycles. The van der Waals surface area contributed by atoms with E-state index >= 15 is 0 Å². The molecule has 0 saturated carbocycles. The highest BCUT2D eigenvalue weighted by Gasteiger charge is 2.30. The van der Waals surface area contributed by atoms with Crippen molar-refractivity contribution in [2.24, 2.45) is 0 Å². The molecular weight excluding hydrogens is 231 g/mol. The molecule has 98 valence electrons. The van der Waals surface area contributed by atoms with Crippen LogP contribution in [0.3, 0.4) is 0 Å². The van der Waals surface area contributed by atoms with Crippen molar-refractivity contribution in [2.75, 3.05) is 20.1 Å². The summed E-state index contributed by atoms with van der Waals surface area (Å²) >= 11 is 0. The lowest BCUT2D eigenvalue weighted by atomic mass is 10.1. The van der Waals surface area contributed by atoms with Crippen molar-refractivity contribution in [3.63, 3.8) is 0 Å². The van der Waals surface area contributed by atoms with E-state index < -0.39 is 5.82 Å². The highest BCUT2D eigenvalue weighted by molar-refractivity contribution is 5.95. The number of carbonyl (C=O) groups is 1. The topological polar surface area (TPSA) is 32.3 Å². The van der Waals surface area contributed by atoms with E-state index in [1.165, 1.54) is 0 Å². The van der Waals surface area contributed by atoms with Crippen LogP contribution in [0, 0.1) is 12.7 Å². The zero-order chi connectivity index (χ0) is 13.1. The second-order valence-electron chi connectivity index (χ2n) is 4.79. The normalized spacial score (nSPS) is 19.3. The van der Waals surface area contributed by atoms with E-state index in [0.29, 0.717) is 5.56 Å². The number of likely N-dealkylation sites (N-methyl/N-ethyl adjacent to an activating group) is 1. The number of rotatable bonds is 3. The molecule has 0 radical (unpaired) electrons. The predicted molar refractivity (Wildman–Crippen MR) is 69.1 cm³/mol. The molecule has 3 nitrogen and oxygen atoms in total. The maximum atomic E-state index is 14.0. The molecule has 1 aromatic rings. The fraction of sp³-hybridized carbons (Fsp3) is 0.500. The van der Waals surface area contributed by atoms with Gasteiger partial charge in [-0.3, -0.25) is 4.79 Å². The van der Waals surface area contributed by atoms with Gasteiger partial charge in [0.15, 0.2) is 0 Å². The molecule has 0 spiro atoms. The van der Waals surface area contributed by atoms with E-state index in [0.717, 1.165) is 25.9 Å². The van der Waals surface area contributed by atoms with E-state index in [-0.39, 0.29) is 17.5 Å². The largest absolute Gasteiger partial charge is 0.334 e. The Balaban J connectivity index is 2.23. The molecule has 0 aliphatic carbocycles. The highest BCUT2D eigenvalue weighted by atomic mass is 19.1. The third-order valence-corrected chi connectivity index (χ3v) is 3.50. The number of likely N-dealkylation sites (tertiary alicyclic amines) is 1. The number of halogens is 1. The Hall–Kier alpha value is -1.42. The fourth-order valence-corrected chi connectivity index (χ4v) is 2.52. The van der Waals surface area contributed by atoms with Crippen LogP contribution in [0.5, 0.6) is 0 Å². The van der Waals surface area contributed by atoms with E-state index in [2.05, 4.69) is 5.32 Å². The highest BCUT2D eigenvalue weighted by Crippen LogP contribution is 2.21. The van der Waals surface area contributed by atoms with Gasteiger partial charge in [0.2, 0.25) is 0 Å².